The summed E-state index contributed by atoms with van der Waals surface area (Å²) in [5, 5.41) is 0.257. The summed E-state index contributed by atoms with van der Waals surface area (Å²) in [6.07, 6.45) is 0. The monoisotopic (exact) mass is 562 g/mol. The van der Waals surface area contributed by atoms with Crippen LogP contribution in [0.15, 0.2) is 84.9 Å². The van der Waals surface area contributed by atoms with Crippen molar-refractivity contribution in [3.05, 3.63) is 118 Å². The first-order valence-electron chi connectivity index (χ1n) is 12.9. The van der Waals surface area contributed by atoms with Gasteiger partial charge in [-0.05, 0) is 35.4 Å². The van der Waals surface area contributed by atoms with Crippen molar-refractivity contribution in [1.82, 2.24) is 9.80 Å². The number of carbonyl (C=O) groups excluding carboxylic acids is 6. The molecule has 208 valence electrons. The van der Waals surface area contributed by atoms with E-state index in [1.165, 1.54) is 24.3 Å². The van der Waals surface area contributed by atoms with Crippen molar-refractivity contribution in [3.8, 4) is 0 Å². The van der Waals surface area contributed by atoms with Crippen LogP contribution >= 0.6 is 0 Å². The van der Waals surface area contributed by atoms with E-state index < -0.39 is 47.7 Å². The fourth-order valence-corrected chi connectivity index (χ4v) is 5.66. The molecule has 6 rings (SSSR count). The summed E-state index contributed by atoms with van der Waals surface area (Å²) in [4.78, 5) is 83.0. The number of nitrogens with zero attached hydrogens (tertiary/aromatic N) is 2. The first kappa shape index (κ1) is 26.6. The third-order valence-electron chi connectivity index (χ3n) is 7.55. The molecule has 10 nitrogen and oxygen atoms in total. The molecule has 0 fully saturated rings. The van der Waals surface area contributed by atoms with Crippen molar-refractivity contribution >= 4 is 46.3 Å². The lowest BCUT2D eigenvalue weighted by Crippen LogP contribution is -2.48. The van der Waals surface area contributed by atoms with E-state index in [1.54, 1.807) is 60.7 Å². The van der Waals surface area contributed by atoms with Gasteiger partial charge in [-0.3, -0.25) is 29.0 Å². The Kier molecular flexibility index (Phi) is 6.38. The Bertz CT molecular complexity index is 1630. The van der Waals surface area contributed by atoms with Crippen LogP contribution in [0.1, 0.15) is 64.6 Å². The zero-order chi connectivity index (χ0) is 29.7. The molecule has 0 aromatic heterocycles. The fraction of sp³-hybridized carbons (Fsp3) is 0.125. The van der Waals surface area contributed by atoms with Gasteiger partial charge >= 0.3 is 11.9 Å². The Balaban J connectivity index is 1.51. The lowest BCUT2D eigenvalue weighted by molar-refractivity contribution is -0.146. The van der Waals surface area contributed by atoms with Crippen molar-refractivity contribution in [2.45, 2.75) is 12.1 Å². The molecule has 0 unspecified atom stereocenters. The SMILES string of the molecule is COC(=O)[C@H](c1ccccc1)N1C(=O)c2ccc3c4c(ccc(c24)C1=O)C(=O)N([C@H](C(=O)OC)c1ccccc1)C3=O. The molecule has 0 N–H and O–H groups in total. The van der Waals surface area contributed by atoms with Gasteiger partial charge in [0.05, 0.1) is 14.2 Å². The van der Waals surface area contributed by atoms with Crippen molar-refractivity contribution < 1.29 is 38.2 Å². The van der Waals surface area contributed by atoms with E-state index in [4.69, 9.17) is 9.47 Å². The Morgan fingerprint density at radius 2 is 0.786 bits per heavy atom. The second kappa shape index (κ2) is 10.1. The molecular formula is C32H22N2O8. The maximum atomic E-state index is 13.9. The number of benzene rings is 4. The highest BCUT2D eigenvalue weighted by Crippen LogP contribution is 2.42. The molecule has 0 spiro atoms. The largest absolute Gasteiger partial charge is 0.467 e. The van der Waals surface area contributed by atoms with Crippen LogP contribution in [0.5, 0.6) is 0 Å². The van der Waals surface area contributed by atoms with Gasteiger partial charge < -0.3 is 9.47 Å². The molecule has 2 atom stereocenters. The van der Waals surface area contributed by atoms with Gasteiger partial charge in [-0.15, -0.1) is 0 Å². The standard InChI is InChI=1S/C32H22N2O8/c1-41-31(39)25(17-9-5-3-6-10-17)33-27(35)19-13-15-21-24-22(16-14-20(23(19)24)28(33)36)30(38)34(29(21)37)26(32(40)42-2)18-11-7-4-8-12-18/h3-16,25-26H,1-2H3/t25-,26-/m0/s1. The quantitative estimate of drug-likeness (QED) is 0.256. The number of carbonyl (C=O) groups is 6. The van der Waals surface area contributed by atoms with Crippen molar-refractivity contribution in [2.75, 3.05) is 14.2 Å². The molecule has 0 saturated carbocycles. The highest BCUT2D eigenvalue weighted by atomic mass is 16.5. The highest BCUT2D eigenvalue weighted by molar-refractivity contribution is 6.34. The second-order valence-corrected chi connectivity index (χ2v) is 9.70. The van der Waals surface area contributed by atoms with Gasteiger partial charge in [0.25, 0.3) is 23.6 Å². The lowest BCUT2D eigenvalue weighted by atomic mass is 9.84. The molecule has 0 saturated heterocycles. The van der Waals surface area contributed by atoms with Gasteiger partial charge in [0.1, 0.15) is 0 Å². The number of ether oxygens (including phenoxy) is 2. The summed E-state index contributed by atoms with van der Waals surface area (Å²) >= 11 is 0. The molecule has 10 heteroatoms. The maximum Gasteiger partial charge on any atom is 0.333 e. The predicted octanol–water partition coefficient (Wildman–Crippen LogP) is 3.86. The van der Waals surface area contributed by atoms with E-state index in [0.717, 1.165) is 24.0 Å². The average Bonchev–Trinajstić information content (AvgIpc) is 3.02. The molecule has 42 heavy (non-hydrogen) atoms. The van der Waals surface area contributed by atoms with E-state index in [0.29, 0.717) is 11.1 Å². The summed E-state index contributed by atoms with van der Waals surface area (Å²) in [5.41, 5.74) is 0.897. The van der Waals surface area contributed by atoms with E-state index >= 15 is 0 Å². The van der Waals surface area contributed by atoms with Crippen LogP contribution in [0.2, 0.25) is 0 Å². The van der Waals surface area contributed by atoms with Crippen molar-refractivity contribution in [2.24, 2.45) is 0 Å². The summed E-state index contributed by atoms with van der Waals surface area (Å²) in [6.45, 7) is 0. The van der Waals surface area contributed by atoms with Gasteiger partial charge in [-0.1, -0.05) is 60.7 Å². The molecule has 4 aromatic carbocycles. The zero-order valence-electron chi connectivity index (χ0n) is 22.4. The minimum absolute atomic E-state index is 0.0386. The van der Waals surface area contributed by atoms with Gasteiger partial charge in [0.2, 0.25) is 0 Å². The van der Waals surface area contributed by atoms with Crippen LogP contribution in [-0.4, -0.2) is 59.6 Å². The molecule has 2 aliphatic heterocycles. The molecule has 4 amide bonds. The molecule has 2 heterocycles. The molecule has 0 radical (unpaired) electrons. The van der Waals surface area contributed by atoms with Crippen LogP contribution in [-0.2, 0) is 19.1 Å². The molecule has 2 aliphatic rings. The normalized spacial score (nSPS) is 15.5. The van der Waals surface area contributed by atoms with E-state index in [9.17, 15) is 28.8 Å². The molecule has 4 aromatic rings. The number of amides is 4. The minimum Gasteiger partial charge on any atom is -0.467 e. The smallest absolute Gasteiger partial charge is 0.333 e. The number of hydrogen-bond donors (Lipinski definition) is 0. The third kappa shape index (κ3) is 3.80. The summed E-state index contributed by atoms with van der Waals surface area (Å²) in [6, 6.07) is 19.4. The molecular weight excluding hydrogens is 540 g/mol. The molecule has 0 aliphatic carbocycles. The second-order valence-electron chi connectivity index (χ2n) is 9.70. The van der Waals surface area contributed by atoms with Gasteiger partial charge in [0.15, 0.2) is 12.1 Å². The number of methoxy groups -OCH3 is 2. The first-order valence-corrected chi connectivity index (χ1v) is 12.9. The predicted molar refractivity (Wildman–Crippen MR) is 147 cm³/mol. The Labute approximate surface area is 239 Å². The van der Waals surface area contributed by atoms with Crippen LogP contribution in [0.4, 0.5) is 0 Å². The van der Waals surface area contributed by atoms with Crippen LogP contribution in [0, 0.1) is 0 Å². The summed E-state index contributed by atoms with van der Waals surface area (Å²) < 4.78 is 9.90. The third-order valence-corrected chi connectivity index (χ3v) is 7.55. The van der Waals surface area contributed by atoms with Crippen LogP contribution in [0.25, 0.3) is 10.8 Å². The number of imide groups is 2. The van der Waals surface area contributed by atoms with E-state index in [2.05, 4.69) is 0 Å². The highest BCUT2D eigenvalue weighted by Gasteiger charge is 2.46. The zero-order valence-corrected chi connectivity index (χ0v) is 22.4. The Hall–Kier alpha value is -5.64. The topological polar surface area (TPSA) is 127 Å². The average molecular weight is 563 g/mol. The minimum atomic E-state index is -1.36. The van der Waals surface area contributed by atoms with Crippen molar-refractivity contribution in [3.63, 3.8) is 0 Å². The number of hydrogen-bond acceptors (Lipinski definition) is 8. The van der Waals surface area contributed by atoms with Crippen molar-refractivity contribution in [1.29, 1.82) is 0 Å². The fourth-order valence-electron chi connectivity index (χ4n) is 5.66. The maximum absolute atomic E-state index is 13.9. The number of esters is 2. The summed E-state index contributed by atoms with van der Waals surface area (Å²) in [5.74, 6) is -4.76. The van der Waals surface area contributed by atoms with Crippen LogP contribution < -0.4 is 0 Å². The Morgan fingerprint density at radius 1 is 0.500 bits per heavy atom. The van der Waals surface area contributed by atoms with Gasteiger partial charge in [-0.2, -0.15) is 0 Å². The van der Waals surface area contributed by atoms with Crippen LogP contribution in [0.3, 0.4) is 0 Å². The lowest BCUT2D eigenvalue weighted by Gasteiger charge is -2.36. The van der Waals surface area contributed by atoms with E-state index in [-0.39, 0.29) is 33.0 Å². The molecule has 0 bridgehead atoms. The van der Waals surface area contributed by atoms with E-state index in [1.807, 2.05) is 0 Å². The Morgan fingerprint density at radius 3 is 1.05 bits per heavy atom. The van der Waals surface area contributed by atoms with Gasteiger partial charge in [0, 0.05) is 33.0 Å². The number of rotatable bonds is 6. The summed E-state index contributed by atoms with van der Waals surface area (Å²) in [7, 11) is 2.33. The first-order chi connectivity index (χ1) is 20.3. The van der Waals surface area contributed by atoms with Gasteiger partial charge in [-0.25, -0.2) is 9.59 Å².